The first-order chi connectivity index (χ1) is 9.18. The smallest absolute Gasteiger partial charge is 0.274 e. The number of amides is 1. The van der Waals surface area contributed by atoms with E-state index in [1.54, 1.807) is 18.0 Å². The van der Waals surface area contributed by atoms with Gasteiger partial charge in [-0.25, -0.2) is 0 Å². The van der Waals surface area contributed by atoms with E-state index in [4.69, 9.17) is 4.52 Å². The largest absolute Gasteiger partial charge is 0.364 e. The van der Waals surface area contributed by atoms with Gasteiger partial charge in [-0.05, 0) is 26.2 Å². The number of nitrogens with zero attached hydrogens (tertiary/aromatic N) is 3. The summed E-state index contributed by atoms with van der Waals surface area (Å²) in [6, 6.07) is 1.63. The van der Waals surface area contributed by atoms with Gasteiger partial charge < -0.3 is 9.42 Å². The number of carbonyl (C=O) groups excluding carboxylic acids is 1. The molecule has 0 radical (unpaired) electrons. The lowest BCUT2D eigenvalue weighted by Crippen LogP contribution is -2.30. The first-order valence-corrected chi connectivity index (χ1v) is 6.42. The minimum Gasteiger partial charge on any atom is -0.364 e. The number of carbonyl (C=O) groups is 1. The summed E-state index contributed by atoms with van der Waals surface area (Å²) in [5.74, 6) is -0.0742. The highest BCUT2D eigenvalue weighted by Gasteiger charge is 2.28. The second kappa shape index (κ2) is 4.53. The Kier molecular flexibility index (Phi) is 2.85. The molecule has 0 fully saturated rings. The van der Waals surface area contributed by atoms with Gasteiger partial charge in [0.25, 0.3) is 5.91 Å². The predicted molar refractivity (Wildman–Crippen MR) is 67.6 cm³/mol. The highest BCUT2D eigenvalue weighted by atomic mass is 16.5. The highest BCUT2D eigenvalue weighted by Crippen LogP contribution is 2.25. The van der Waals surface area contributed by atoms with Gasteiger partial charge in [0.05, 0.1) is 6.04 Å². The lowest BCUT2D eigenvalue weighted by molar-refractivity contribution is 0.0730. The van der Waals surface area contributed by atoms with Crippen molar-refractivity contribution in [2.75, 3.05) is 7.05 Å². The van der Waals surface area contributed by atoms with Crippen LogP contribution in [0.4, 0.5) is 0 Å². The number of fused-ring (bicyclic) bond motifs is 1. The summed E-state index contributed by atoms with van der Waals surface area (Å²) < 4.78 is 4.82. The first kappa shape index (κ1) is 12.0. The van der Waals surface area contributed by atoms with Crippen molar-refractivity contribution in [2.24, 2.45) is 0 Å². The maximum Gasteiger partial charge on any atom is 0.274 e. The van der Waals surface area contributed by atoms with Crippen molar-refractivity contribution in [1.29, 1.82) is 0 Å². The molecule has 2 heterocycles. The fraction of sp³-hybridized carbons (Fsp3) is 0.462. The molecule has 6 nitrogen and oxygen atoms in total. The molecule has 0 bridgehead atoms. The number of hydrogen-bond donors (Lipinski definition) is 1. The van der Waals surface area contributed by atoms with Crippen molar-refractivity contribution < 1.29 is 9.32 Å². The summed E-state index contributed by atoms with van der Waals surface area (Å²) in [5, 5.41) is 11.0. The Hall–Kier alpha value is -2.11. The van der Waals surface area contributed by atoms with Crippen LogP contribution in [0.1, 0.15) is 46.8 Å². The molecule has 6 heteroatoms. The second-order valence-electron chi connectivity index (χ2n) is 4.90. The van der Waals surface area contributed by atoms with E-state index < -0.39 is 0 Å². The summed E-state index contributed by atoms with van der Waals surface area (Å²) in [5.41, 5.74) is 3.46. The van der Waals surface area contributed by atoms with Crippen molar-refractivity contribution in [3.05, 3.63) is 35.0 Å². The highest BCUT2D eigenvalue weighted by molar-refractivity contribution is 5.94. The Morgan fingerprint density at radius 3 is 3.11 bits per heavy atom. The average Bonchev–Trinajstić information content (AvgIpc) is 3.11. The van der Waals surface area contributed by atoms with E-state index in [1.807, 2.05) is 6.92 Å². The topological polar surface area (TPSA) is 75.0 Å². The quantitative estimate of drug-likeness (QED) is 0.911. The first-order valence-electron chi connectivity index (χ1n) is 6.42. The van der Waals surface area contributed by atoms with Gasteiger partial charge >= 0.3 is 0 Å². The summed E-state index contributed by atoms with van der Waals surface area (Å²) in [6.07, 6.45) is 4.51. The Morgan fingerprint density at radius 1 is 1.53 bits per heavy atom. The molecule has 0 aliphatic heterocycles. The van der Waals surface area contributed by atoms with Gasteiger partial charge in [0, 0.05) is 24.4 Å². The average molecular weight is 260 g/mol. The molecule has 1 atom stereocenters. The Bertz CT molecular complexity index is 588. The molecule has 19 heavy (non-hydrogen) atoms. The number of aromatic nitrogens is 3. The van der Waals surface area contributed by atoms with Crippen LogP contribution in [0.15, 0.2) is 16.9 Å². The van der Waals surface area contributed by atoms with Crippen molar-refractivity contribution >= 4 is 5.91 Å². The molecule has 0 unspecified atom stereocenters. The Labute approximate surface area is 110 Å². The SMILES string of the molecule is C[C@@H](c1ccon1)N(C)C(=O)c1n[nH]c2c1CCC2. The molecular formula is C13H16N4O2. The molecule has 0 aromatic carbocycles. The van der Waals surface area contributed by atoms with E-state index in [0.29, 0.717) is 5.69 Å². The van der Waals surface area contributed by atoms with Crippen LogP contribution < -0.4 is 0 Å². The lowest BCUT2D eigenvalue weighted by Gasteiger charge is -2.22. The van der Waals surface area contributed by atoms with E-state index in [2.05, 4.69) is 15.4 Å². The van der Waals surface area contributed by atoms with E-state index in [9.17, 15) is 4.79 Å². The fourth-order valence-corrected chi connectivity index (χ4v) is 2.47. The predicted octanol–water partition coefficient (Wildman–Crippen LogP) is 1.72. The maximum absolute atomic E-state index is 12.5. The van der Waals surface area contributed by atoms with Crippen LogP contribution in [0.5, 0.6) is 0 Å². The zero-order valence-electron chi connectivity index (χ0n) is 11.0. The molecule has 100 valence electrons. The molecule has 1 N–H and O–H groups in total. The van der Waals surface area contributed by atoms with Crippen molar-refractivity contribution in [3.8, 4) is 0 Å². The van der Waals surface area contributed by atoms with Crippen LogP contribution in [0.3, 0.4) is 0 Å². The monoisotopic (exact) mass is 260 g/mol. The van der Waals surface area contributed by atoms with Gasteiger partial charge in [-0.15, -0.1) is 0 Å². The second-order valence-corrected chi connectivity index (χ2v) is 4.90. The molecule has 2 aromatic heterocycles. The molecule has 1 aliphatic rings. The molecule has 0 saturated carbocycles. The van der Waals surface area contributed by atoms with Crippen LogP contribution in [-0.2, 0) is 12.8 Å². The van der Waals surface area contributed by atoms with Crippen LogP contribution in [-0.4, -0.2) is 33.2 Å². The lowest BCUT2D eigenvalue weighted by atomic mass is 10.1. The van der Waals surface area contributed by atoms with E-state index in [1.165, 1.54) is 6.26 Å². The van der Waals surface area contributed by atoms with Crippen molar-refractivity contribution in [1.82, 2.24) is 20.3 Å². The van der Waals surface area contributed by atoms with Gasteiger partial charge in [0.2, 0.25) is 0 Å². The summed E-state index contributed by atoms with van der Waals surface area (Å²) >= 11 is 0. The van der Waals surface area contributed by atoms with Gasteiger partial charge in [-0.1, -0.05) is 5.16 Å². The summed E-state index contributed by atoms with van der Waals surface area (Å²) in [6.45, 7) is 1.92. The van der Waals surface area contributed by atoms with Gasteiger partial charge in [-0.2, -0.15) is 5.10 Å². The maximum atomic E-state index is 12.5. The zero-order valence-corrected chi connectivity index (χ0v) is 11.0. The number of H-pyrrole nitrogens is 1. The molecular weight excluding hydrogens is 244 g/mol. The van der Waals surface area contributed by atoms with Gasteiger partial charge in [0.1, 0.15) is 12.0 Å². The van der Waals surface area contributed by atoms with Crippen molar-refractivity contribution in [2.45, 2.75) is 32.2 Å². The third-order valence-electron chi connectivity index (χ3n) is 3.80. The molecule has 0 saturated heterocycles. The van der Waals surface area contributed by atoms with Crippen LogP contribution >= 0.6 is 0 Å². The van der Waals surface area contributed by atoms with E-state index in [-0.39, 0.29) is 11.9 Å². The van der Waals surface area contributed by atoms with Gasteiger partial charge in [0.15, 0.2) is 5.69 Å². The number of nitrogens with one attached hydrogen (secondary N) is 1. The molecule has 1 amide bonds. The van der Waals surface area contributed by atoms with E-state index in [0.717, 1.165) is 36.2 Å². The zero-order chi connectivity index (χ0) is 13.4. The van der Waals surface area contributed by atoms with Crippen LogP contribution in [0.25, 0.3) is 0 Å². The molecule has 2 aromatic rings. The Morgan fingerprint density at radius 2 is 2.37 bits per heavy atom. The number of aryl methyl sites for hydroxylation is 1. The third-order valence-corrected chi connectivity index (χ3v) is 3.80. The standard InChI is InChI=1S/C13H16N4O2/c1-8(10-6-7-19-16-10)17(2)13(18)12-9-4-3-5-11(9)14-15-12/h6-8H,3-5H2,1-2H3,(H,14,15)/t8-/m0/s1. The normalized spacial score (nSPS) is 15.3. The minimum atomic E-state index is -0.139. The number of rotatable bonds is 3. The number of hydrogen-bond acceptors (Lipinski definition) is 4. The Balaban J connectivity index is 1.83. The third kappa shape index (κ3) is 1.93. The molecule has 3 rings (SSSR count). The van der Waals surface area contributed by atoms with Crippen LogP contribution in [0, 0.1) is 0 Å². The minimum absolute atomic E-state index is 0.0742. The number of aromatic amines is 1. The molecule has 0 spiro atoms. The van der Waals surface area contributed by atoms with Crippen LogP contribution in [0.2, 0.25) is 0 Å². The molecule has 1 aliphatic carbocycles. The fourth-order valence-electron chi connectivity index (χ4n) is 2.47. The summed E-state index contributed by atoms with van der Waals surface area (Å²) in [4.78, 5) is 14.1. The summed E-state index contributed by atoms with van der Waals surface area (Å²) in [7, 11) is 1.76. The van der Waals surface area contributed by atoms with E-state index >= 15 is 0 Å². The van der Waals surface area contributed by atoms with Crippen molar-refractivity contribution in [3.63, 3.8) is 0 Å². The van der Waals surface area contributed by atoms with Gasteiger partial charge in [-0.3, -0.25) is 9.89 Å².